The second kappa shape index (κ2) is 5.09. The molecule has 2 aromatic rings. The molecule has 0 radical (unpaired) electrons. The third-order valence-corrected chi connectivity index (χ3v) is 3.48. The van der Waals surface area contributed by atoms with E-state index in [-0.39, 0.29) is 17.2 Å². The van der Waals surface area contributed by atoms with Gasteiger partial charge < -0.3 is 4.74 Å². The lowest BCUT2D eigenvalue weighted by atomic mass is 10.1. The Labute approximate surface area is 109 Å². The van der Waals surface area contributed by atoms with Crippen molar-refractivity contribution in [3.8, 4) is 0 Å². The van der Waals surface area contributed by atoms with E-state index >= 15 is 0 Å². The lowest BCUT2D eigenvalue weighted by molar-refractivity contribution is 0.00535. The van der Waals surface area contributed by atoms with Crippen molar-refractivity contribution in [2.24, 2.45) is 0 Å². The topological polar surface area (TPSA) is 44.1 Å². The van der Waals surface area contributed by atoms with E-state index in [0.29, 0.717) is 11.9 Å². The smallest absolute Gasteiger partial charge is 0.261 e. The molecular weight excluding hydrogens is 247 g/mol. The van der Waals surface area contributed by atoms with E-state index in [1.807, 2.05) is 0 Å². The summed E-state index contributed by atoms with van der Waals surface area (Å²) in [6, 6.07) is 4.44. The normalized spacial score (nSPS) is 19.7. The summed E-state index contributed by atoms with van der Waals surface area (Å²) < 4.78 is 20.6. The third kappa shape index (κ3) is 2.38. The maximum absolute atomic E-state index is 13.5. The van der Waals surface area contributed by atoms with Crippen molar-refractivity contribution < 1.29 is 9.13 Å². The van der Waals surface area contributed by atoms with Gasteiger partial charge in [0.2, 0.25) is 0 Å². The Balaban J connectivity index is 1.96. The summed E-state index contributed by atoms with van der Waals surface area (Å²) in [6.07, 6.45) is 4.61. The third-order valence-electron chi connectivity index (χ3n) is 3.48. The molecule has 1 aliphatic rings. The van der Waals surface area contributed by atoms with Crippen LogP contribution in [0.2, 0.25) is 0 Å². The molecule has 0 amide bonds. The summed E-state index contributed by atoms with van der Waals surface area (Å²) in [5.74, 6) is -0.462. The highest BCUT2D eigenvalue weighted by Crippen LogP contribution is 2.15. The first-order chi connectivity index (χ1) is 9.25. The number of rotatable bonds is 2. The van der Waals surface area contributed by atoms with Crippen molar-refractivity contribution in [2.75, 3.05) is 6.61 Å². The Bertz CT molecular complexity index is 647. The molecule has 19 heavy (non-hydrogen) atoms. The molecule has 0 N–H and O–H groups in total. The van der Waals surface area contributed by atoms with Gasteiger partial charge in [0, 0.05) is 6.61 Å². The number of ether oxygens (including phenoxy) is 1. The number of halogens is 1. The number of benzene rings is 1. The van der Waals surface area contributed by atoms with Crippen molar-refractivity contribution in [2.45, 2.75) is 31.9 Å². The van der Waals surface area contributed by atoms with E-state index in [1.165, 1.54) is 23.0 Å². The Morgan fingerprint density at radius 3 is 3.11 bits per heavy atom. The van der Waals surface area contributed by atoms with Gasteiger partial charge in [0.1, 0.15) is 11.3 Å². The standard InChI is InChI=1S/C14H15FN2O2/c15-12-6-3-5-11-13(12)16-9-17(14(11)18)8-10-4-1-2-7-19-10/h3,5-6,9-10H,1-2,4,7-8H2/t10-/m0/s1. The Morgan fingerprint density at radius 2 is 2.32 bits per heavy atom. The van der Waals surface area contributed by atoms with Crippen LogP contribution in [0.4, 0.5) is 4.39 Å². The molecule has 100 valence electrons. The molecule has 4 nitrogen and oxygen atoms in total. The van der Waals surface area contributed by atoms with Crippen molar-refractivity contribution in [1.82, 2.24) is 9.55 Å². The van der Waals surface area contributed by atoms with Crippen molar-refractivity contribution in [3.63, 3.8) is 0 Å². The second-order valence-corrected chi connectivity index (χ2v) is 4.83. The van der Waals surface area contributed by atoms with Gasteiger partial charge in [0.05, 0.1) is 24.4 Å². The predicted molar refractivity (Wildman–Crippen MR) is 69.6 cm³/mol. The SMILES string of the molecule is O=c1c2cccc(F)c2ncn1C[C@@H]1CCCCO1. The molecule has 5 heteroatoms. The molecule has 0 spiro atoms. The summed E-state index contributed by atoms with van der Waals surface area (Å²) in [7, 11) is 0. The number of fused-ring (bicyclic) bond motifs is 1. The number of para-hydroxylation sites is 1. The van der Waals surface area contributed by atoms with Gasteiger partial charge in [-0.3, -0.25) is 9.36 Å². The van der Waals surface area contributed by atoms with Crippen LogP contribution in [0.25, 0.3) is 10.9 Å². The first-order valence-corrected chi connectivity index (χ1v) is 6.51. The summed E-state index contributed by atoms with van der Waals surface area (Å²) in [5.41, 5.74) is -0.0769. The Hall–Kier alpha value is -1.75. The highest BCUT2D eigenvalue weighted by Gasteiger charge is 2.16. The van der Waals surface area contributed by atoms with E-state index < -0.39 is 5.82 Å². The number of hydrogen-bond acceptors (Lipinski definition) is 3. The highest BCUT2D eigenvalue weighted by atomic mass is 19.1. The molecule has 1 aromatic heterocycles. The van der Waals surface area contributed by atoms with E-state index in [4.69, 9.17) is 4.74 Å². The minimum Gasteiger partial charge on any atom is -0.376 e. The van der Waals surface area contributed by atoms with Crippen LogP contribution in [0, 0.1) is 5.82 Å². The zero-order valence-corrected chi connectivity index (χ0v) is 10.5. The van der Waals surface area contributed by atoms with Crippen molar-refractivity contribution in [1.29, 1.82) is 0 Å². The fourth-order valence-electron chi connectivity index (χ4n) is 2.45. The van der Waals surface area contributed by atoms with Crippen LogP contribution in [0.3, 0.4) is 0 Å². The summed E-state index contributed by atoms with van der Waals surface area (Å²) >= 11 is 0. The Kier molecular flexibility index (Phi) is 3.29. The average Bonchev–Trinajstić information content (AvgIpc) is 2.44. The fourth-order valence-corrected chi connectivity index (χ4v) is 2.45. The van der Waals surface area contributed by atoms with Crippen molar-refractivity contribution >= 4 is 10.9 Å². The largest absolute Gasteiger partial charge is 0.376 e. The molecule has 1 atom stereocenters. The number of hydrogen-bond donors (Lipinski definition) is 0. The minimum atomic E-state index is -0.462. The van der Waals surface area contributed by atoms with E-state index in [9.17, 15) is 9.18 Å². The maximum Gasteiger partial charge on any atom is 0.261 e. The van der Waals surface area contributed by atoms with E-state index in [2.05, 4.69) is 4.98 Å². The predicted octanol–water partition coefficient (Wildman–Crippen LogP) is 2.10. The molecule has 0 aliphatic carbocycles. The summed E-state index contributed by atoms with van der Waals surface area (Å²) in [4.78, 5) is 16.3. The van der Waals surface area contributed by atoms with E-state index in [1.54, 1.807) is 6.07 Å². The van der Waals surface area contributed by atoms with Crippen LogP contribution in [-0.2, 0) is 11.3 Å². The van der Waals surface area contributed by atoms with Gasteiger partial charge in [-0.1, -0.05) is 6.07 Å². The molecule has 1 aromatic carbocycles. The second-order valence-electron chi connectivity index (χ2n) is 4.83. The first kappa shape index (κ1) is 12.3. The van der Waals surface area contributed by atoms with Gasteiger partial charge in [-0.2, -0.15) is 0 Å². The average molecular weight is 262 g/mol. The molecule has 0 unspecified atom stereocenters. The Morgan fingerprint density at radius 1 is 1.42 bits per heavy atom. The monoisotopic (exact) mass is 262 g/mol. The fraction of sp³-hybridized carbons (Fsp3) is 0.429. The van der Waals surface area contributed by atoms with Crippen LogP contribution in [0.15, 0.2) is 29.3 Å². The van der Waals surface area contributed by atoms with Gasteiger partial charge >= 0.3 is 0 Å². The van der Waals surface area contributed by atoms with Gasteiger partial charge in [-0.05, 0) is 31.4 Å². The molecule has 0 bridgehead atoms. The molecule has 0 saturated carbocycles. The van der Waals surface area contributed by atoms with Gasteiger partial charge in [0.15, 0.2) is 0 Å². The molecule has 1 aliphatic heterocycles. The number of nitrogens with zero attached hydrogens (tertiary/aromatic N) is 2. The first-order valence-electron chi connectivity index (χ1n) is 6.51. The lowest BCUT2D eigenvalue weighted by Gasteiger charge is -2.23. The minimum absolute atomic E-state index is 0.0549. The quantitative estimate of drug-likeness (QED) is 0.832. The summed E-state index contributed by atoms with van der Waals surface area (Å²) in [6.45, 7) is 1.23. The summed E-state index contributed by atoms with van der Waals surface area (Å²) in [5, 5.41) is 0.318. The number of aromatic nitrogens is 2. The van der Waals surface area contributed by atoms with Crippen LogP contribution in [0.1, 0.15) is 19.3 Å². The molecule has 1 saturated heterocycles. The zero-order chi connectivity index (χ0) is 13.2. The van der Waals surface area contributed by atoms with Crippen LogP contribution in [0.5, 0.6) is 0 Å². The highest BCUT2D eigenvalue weighted by molar-refractivity contribution is 5.77. The molecule has 1 fully saturated rings. The van der Waals surface area contributed by atoms with Gasteiger partial charge in [0.25, 0.3) is 5.56 Å². The lowest BCUT2D eigenvalue weighted by Crippen LogP contribution is -2.30. The maximum atomic E-state index is 13.5. The van der Waals surface area contributed by atoms with Crippen LogP contribution in [-0.4, -0.2) is 22.3 Å². The van der Waals surface area contributed by atoms with Crippen LogP contribution < -0.4 is 5.56 Å². The molecular formula is C14H15FN2O2. The zero-order valence-electron chi connectivity index (χ0n) is 10.5. The van der Waals surface area contributed by atoms with Gasteiger partial charge in [-0.15, -0.1) is 0 Å². The molecule has 3 rings (SSSR count). The van der Waals surface area contributed by atoms with E-state index in [0.717, 1.165) is 25.9 Å². The molecule has 2 heterocycles. The van der Waals surface area contributed by atoms with Gasteiger partial charge in [-0.25, -0.2) is 9.37 Å². The van der Waals surface area contributed by atoms with Crippen LogP contribution >= 0.6 is 0 Å². The van der Waals surface area contributed by atoms with Crippen molar-refractivity contribution in [3.05, 3.63) is 40.7 Å².